The quantitative estimate of drug-likeness (QED) is 0.873. The van der Waals surface area contributed by atoms with Crippen molar-refractivity contribution >= 4 is 11.3 Å². The van der Waals surface area contributed by atoms with Crippen LogP contribution < -0.4 is 5.32 Å². The van der Waals surface area contributed by atoms with Gasteiger partial charge in [0.25, 0.3) is 0 Å². The van der Waals surface area contributed by atoms with Gasteiger partial charge in [-0.05, 0) is 25.1 Å². The third kappa shape index (κ3) is 3.58. The molecule has 5 heteroatoms. The summed E-state index contributed by atoms with van der Waals surface area (Å²) >= 11 is 1.50. The van der Waals surface area contributed by atoms with E-state index in [-0.39, 0.29) is 11.6 Å². The van der Waals surface area contributed by atoms with Crippen molar-refractivity contribution in [3.8, 4) is 0 Å². The van der Waals surface area contributed by atoms with E-state index in [2.05, 4.69) is 10.3 Å². The second-order valence-corrected chi connectivity index (χ2v) is 5.28. The lowest BCUT2D eigenvalue weighted by Gasteiger charge is -2.19. The van der Waals surface area contributed by atoms with Gasteiger partial charge in [0.2, 0.25) is 0 Å². The highest BCUT2D eigenvalue weighted by Crippen LogP contribution is 2.25. The third-order valence-electron chi connectivity index (χ3n) is 2.88. The first-order valence-electron chi connectivity index (χ1n) is 6.27. The highest BCUT2D eigenvalue weighted by atomic mass is 32.1. The Morgan fingerprint density at radius 1 is 1.32 bits per heavy atom. The summed E-state index contributed by atoms with van der Waals surface area (Å²) in [7, 11) is 0. The van der Waals surface area contributed by atoms with Crippen LogP contribution in [-0.4, -0.2) is 11.5 Å². The van der Waals surface area contributed by atoms with Gasteiger partial charge < -0.3 is 5.32 Å². The molecule has 0 saturated carbocycles. The lowest BCUT2D eigenvalue weighted by Crippen LogP contribution is -2.25. The Balaban J connectivity index is 2.26. The van der Waals surface area contributed by atoms with Crippen molar-refractivity contribution in [1.82, 2.24) is 10.3 Å². The molecule has 1 aromatic heterocycles. The Hall–Kier alpha value is -1.33. The minimum absolute atomic E-state index is 0.115. The number of hydrogen-bond donors (Lipinski definition) is 1. The van der Waals surface area contributed by atoms with Crippen molar-refractivity contribution in [3.05, 3.63) is 52.0 Å². The smallest absolute Gasteiger partial charge is 0.130 e. The highest BCUT2D eigenvalue weighted by molar-refractivity contribution is 7.09. The first kappa shape index (κ1) is 14.1. The van der Waals surface area contributed by atoms with Crippen LogP contribution in [0.4, 0.5) is 8.78 Å². The largest absolute Gasteiger partial charge is 0.309 e. The molecular weight excluding hydrogens is 266 g/mol. The summed E-state index contributed by atoms with van der Waals surface area (Å²) < 4.78 is 27.7. The van der Waals surface area contributed by atoms with Crippen LogP contribution in [0.1, 0.15) is 29.8 Å². The number of aromatic nitrogens is 1. The van der Waals surface area contributed by atoms with Crippen molar-refractivity contribution in [1.29, 1.82) is 0 Å². The molecule has 0 aliphatic carbocycles. The maximum atomic E-state index is 13.9. The molecule has 0 amide bonds. The maximum Gasteiger partial charge on any atom is 0.130 e. The van der Waals surface area contributed by atoms with Crippen LogP contribution in [0.3, 0.4) is 0 Å². The number of halogens is 2. The van der Waals surface area contributed by atoms with Crippen LogP contribution in [0.25, 0.3) is 0 Å². The van der Waals surface area contributed by atoms with Gasteiger partial charge in [0.1, 0.15) is 11.6 Å². The Labute approximate surface area is 115 Å². The van der Waals surface area contributed by atoms with Gasteiger partial charge in [0.15, 0.2) is 0 Å². The van der Waals surface area contributed by atoms with Crippen LogP contribution in [0, 0.1) is 11.6 Å². The second-order valence-electron chi connectivity index (χ2n) is 4.31. The fourth-order valence-corrected chi connectivity index (χ4v) is 2.62. The van der Waals surface area contributed by atoms with Crippen LogP contribution in [-0.2, 0) is 6.42 Å². The molecule has 0 radical (unpaired) electrons. The van der Waals surface area contributed by atoms with Crippen LogP contribution in [0.2, 0.25) is 0 Å². The van der Waals surface area contributed by atoms with Gasteiger partial charge in [-0.2, -0.15) is 0 Å². The molecule has 1 unspecified atom stereocenters. The summed E-state index contributed by atoms with van der Waals surface area (Å²) in [6.07, 6.45) is 3.20. The summed E-state index contributed by atoms with van der Waals surface area (Å²) in [5, 5.41) is 3.20. The fourth-order valence-electron chi connectivity index (χ4n) is 1.98. The zero-order valence-corrected chi connectivity index (χ0v) is 11.5. The van der Waals surface area contributed by atoms with E-state index in [1.165, 1.54) is 29.5 Å². The minimum Gasteiger partial charge on any atom is -0.309 e. The monoisotopic (exact) mass is 282 g/mol. The number of hydrogen-bond acceptors (Lipinski definition) is 3. The molecule has 2 nitrogen and oxygen atoms in total. The first-order valence-corrected chi connectivity index (χ1v) is 7.15. The van der Waals surface area contributed by atoms with Crippen molar-refractivity contribution < 1.29 is 8.78 Å². The van der Waals surface area contributed by atoms with E-state index in [4.69, 9.17) is 0 Å². The van der Waals surface area contributed by atoms with E-state index in [9.17, 15) is 8.78 Å². The van der Waals surface area contributed by atoms with Crippen LogP contribution in [0.5, 0.6) is 0 Å². The van der Waals surface area contributed by atoms with E-state index in [1.54, 1.807) is 11.7 Å². The molecule has 19 heavy (non-hydrogen) atoms. The first-order chi connectivity index (χ1) is 9.22. The van der Waals surface area contributed by atoms with E-state index < -0.39 is 11.6 Å². The van der Waals surface area contributed by atoms with Gasteiger partial charge in [-0.25, -0.2) is 8.78 Å². The van der Waals surface area contributed by atoms with Crippen molar-refractivity contribution in [3.63, 3.8) is 0 Å². The highest BCUT2D eigenvalue weighted by Gasteiger charge is 2.20. The molecule has 1 N–H and O–H groups in total. The van der Waals surface area contributed by atoms with Gasteiger partial charge in [0.05, 0.1) is 5.51 Å². The van der Waals surface area contributed by atoms with Crippen molar-refractivity contribution in [2.24, 2.45) is 0 Å². The molecule has 1 heterocycles. The fraction of sp³-hybridized carbons (Fsp3) is 0.357. The lowest BCUT2D eigenvalue weighted by molar-refractivity contribution is 0.466. The minimum atomic E-state index is -0.502. The zero-order valence-electron chi connectivity index (χ0n) is 10.7. The number of nitrogens with zero attached hydrogens (tertiary/aromatic N) is 1. The summed E-state index contributed by atoms with van der Waals surface area (Å²) in [5.74, 6) is -1.00. The van der Waals surface area contributed by atoms with Gasteiger partial charge in [-0.1, -0.05) is 13.0 Å². The van der Waals surface area contributed by atoms with E-state index in [1.807, 2.05) is 6.92 Å². The number of nitrogens with one attached hydrogen (secondary N) is 1. The van der Waals surface area contributed by atoms with Gasteiger partial charge >= 0.3 is 0 Å². The Morgan fingerprint density at radius 2 is 2.05 bits per heavy atom. The molecule has 1 aromatic carbocycles. The van der Waals surface area contributed by atoms with E-state index >= 15 is 0 Å². The summed E-state index contributed by atoms with van der Waals surface area (Å²) in [4.78, 5) is 5.01. The van der Waals surface area contributed by atoms with Crippen LogP contribution in [0.15, 0.2) is 29.9 Å². The van der Waals surface area contributed by atoms with Crippen molar-refractivity contribution in [2.45, 2.75) is 25.8 Å². The predicted octanol–water partition coefficient (Wildman–Crippen LogP) is 3.70. The zero-order chi connectivity index (χ0) is 13.7. The normalized spacial score (nSPS) is 12.6. The molecule has 2 rings (SSSR count). The molecule has 0 aliphatic heterocycles. The second kappa shape index (κ2) is 6.73. The molecule has 0 spiro atoms. The Morgan fingerprint density at radius 3 is 2.63 bits per heavy atom. The summed E-state index contributed by atoms with van der Waals surface area (Å²) in [5.41, 5.74) is 1.84. The topological polar surface area (TPSA) is 24.9 Å². The number of benzene rings is 1. The summed E-state index contributed by atoms with van der Waals surface area (Å²) in [6, 6.07) is 3.62. The van der Waals surface area contributed by atoms with Crippen LogP contribution >= 0.6 is 11.3 Å². The number of thiazole rings is 1. The Kier molecular flexibility index (Phi) is 4.99. The number of rotatable bonds is 6. The third-order valence-corrected chi connectivity index (χ3v) is 3.68. The average molecular weight is 282 g/mol. The molecule has 1 atom stereocenters. The molecule has 0 saturated heterocycles. The van der Waals surface area contributed by atoms with Gasteiger partial charge in [-0.15, -0.1) is 11.3 Å². The molecule has 102 valence electrons. The molecule has 0 fully saturated rings. The predicted molar refractivity (Wildman–Crippen MR) is 73.2 cm³/mol. The lowest BCUT2D eigenvalue weighted by atomic mass is 10.0. The van der Waals surface area contributed by atoms with Gasteiger partial charge in [-0.3, -0.25) is 4.98 Å². The van der Waals surface area contributed by atoms with E-state index in [0.717, 1.165) is 17.8 Å². The maximum absolute atomic E-state index is 13.9. The van der Waals surface area contributed by atoms with E-state index in [0.29, 0.717) is 6.42 Å². The molecular formula is C14H16F2N2S. The van der Waals surface area contributed by atoms with Crippen molar-refractivity contribution in [2.75, 3.05) is 6.54 Å². The molecule has 0 aliphatic rings. The standard InChI is InChI=1S/C14H16F2N2S/c1-2-6-18-13(7-10-8-17-9-19-10)14-11(15)4-3-5-12(14)16/h3-5,8-9,13,18H,2,6-7H2,1H3. The average Bonchev–Trinajstić information content (AvgIpc) is 2.88. The molecule has 0 bridgehead atoms. The SMILES string of the molecule is CCCNC(Cc1cncs1)c1c(F)cccc1F. The molecule has 2 aromatic rings. The summed E-state index contributed by atoms with van der Waals surface area (Å²) in [6.45, 7) is 2.74. The van der Waals surface area contributed by atoms with Gasteiger partial charge in [0, 0.05) is 29.1 Å². The Bertz CT molecular complexity index is 494.